The Morgan fingerprint density at radius 3 is 2.62 bits per heavy atom. The molecule has 1 heterocycles. The second kappa shape index (κ2) is 6.69. The van der Waals surface area contributed by atoms with Gasteiger partial charge in [0.15, 0.2) is 0 Å². The van der Waals surface area contributed by atoms with Gasteiger partial charge in [-0.2, -0.15) is 5.26 Å². The van der Waals surface area contributed by atoms with Gasteiger partial charge >= 0.3 is 0 Å². The quantitative estimate of drug-likeness (QED) is 0.830. The zero-order chi connectivity index (χ0) is 14.5. The first kappa shape index (κ1) is 14.0. The maximum atomic E-state index is 8.88. The molecule has 0 amide bonds. The third-order valence-electron chi connectivity index (χ3n) is 3.75. The van der Waals surface area contributed by atoms with Crippen molar-refractivity contribution in [3.63, 3.8) is 0 Å². The summed E-state index contributed by atoms with van der Waals surface area (Å²) < 4.78 is 0. The lowest BCUT2D eigenvalue weighted by atomic mass is 10.1. The van der Waals surface area contributed by atoms with E-state index in [0.29, 0.717) is 11.7 Å². The van der Waals surface area contributed by atoms with Crippen molar-refractivity contribution in [1.82, 2.24) is 0 Å². The molecular formula is C18H18N2S. The zero-order valence-corrected chi connectivity index (χ0v) is 12.7. The average Bonchev–Trinajstić information content (AvgIpc) is 2.94. The number of rotatable bonds is 5. The van der Waals surface area contributed by atoms with E-state index < -0.39 is 0 Å². The minimum atomic E-state index is 0.569. The van der Waals surface area contributed by atoms with E-state index in [1.807, 2.05) is 17.8 Å². The van der Waals surface area contributed by atoms with Gasteiger partial charge in [0.25, 0.3) is 0 Å². The summed E-state index contributed by atoms with van der Waals surface area (Å²) in [7, 11) is 0. The summed E-state index contributed by atoms with van der Waals surface area (Å²) in [5.41, 5.74) is 2.67. The van der Waals surface area contributed by atoms with Gasteiger partial charge in [0, 0.05) is 28.9 Å². The van der Waals surface area contributed by atoms with Gasteiger partial charge in [-0.25, -0.2) is 0 Å². The first-order valence-corrected chi connectivity index (χ1v) is 8.16. The molecule has 1 atom stereocenters. The van der Waals surface area contributed by atoms with Crippen LogP contribution in [0.15, 0.2) is 59.5 Å². The lowest BCUT2D eigenvalue weighted by Gasteiger charge is -2.26. The Balaban J connectivity index is 1.70. The molecule has 0 spiro atoms. The Morgan fingerprint density at radius 1 is 1.10 bits per heavy atom. The molecule has 0 fully saturated rings. The molecule has 0 saturated carbocycles. The number of anilines is 1. The van der Waals surface area contributed by atoms with E-state index in [-0.39, 0.29) is 0 Å². The first-order chi connectivity index (χ1) is 10.4. The summed E-state index contributed by atoms with van der Waals surface area (Å²) >= 11 is 1.97. The van der Waals surface area contributed by atoms with Crippen LogP contribution in [0.1, 0.15) is 12.0 Å². The van der Waals surface area contributed by atoms with Crippen molar-refractivity contribution in [3.05, 3.63) is 60.2 Å². The molecule has 0 saturated heterocycles. The van der Waals surface area contributed by atoms with Crippen molar-refractivity contribution >= 4 is 17.4 Å². The topological polar surface area (TPSA) is 27.0 Å². The normalized spacial score (nSPS) is 16.2. The van der Waals surface area contributed by atoms with Crippen LogP contribution in [-0.2, 0) is 6.42 Å². The summed E-state index contributed by atoms with van der Waals surface area (Å²) in [6.07, 6.45) is 1.69. The number of thioether (sulfide) groups is 1. The van der Waals surface area contributed by atoms with Gasteiger partial charge in [0.2, 0.25) is 0 Å². The van der Waals surface area contributed by atoms with Crippen LogP contribution in [-0.4, -0.2) is 18.3 Å². The van der Waals surface area contributed by atoms with Crippen molar-refractivity contribution in [2.45, 2.75) is 23.0 Å². The van der Waals surface area contributed by atoms with Crippen LogP contribution in [0.5, 0.6) is 0 Å². The van der Waals surface area contributed by atoms with Gasteiger partial charge in [-0.3, -0.25) is 0 Å². The lowest BCUT2D eigenvalue weighted by molar-refractivity contribution is 0.750. The van der Waals surface area contributed by atoms with E-state index in [0.717, 1.165) is 19.5 Å². The van der Waals surface area contributed by atoms with E-state index in [4.69, 9.17) is 5.26 Å². The summed E-state index contributed by atoms with van der Waals surface area (Å²) in [4.78, 5) is 3.75. The van der Waals surface area contributed by atoms with E-state index >= 15 is 0 Å². The second-order valence-corrected chi connectivity index (χ2v) is 6.58. The van der Waals surface area contributed by atoms with Crippen molar-refractivity contribution in [2.24, 2.45) is 0 Å². The molecule has 106 valence electrons. The number of nitriles is 1. The average molecular weight is 294 g/mol. The smallest absolute Gasteiger partial charge is 0.0640 e. The van der Waals surface area contributed by atoms with Crippen LogP contribution in [0.3, 0.4) is 0 Å². The van der Waals surface area contributed by atoms with Crippen molar-refractivity contribution in [3.8, 4) is 6.07 Å². The fraction of sp³-hybridized carbons (Fsp3) is 0.278. The Morgan fingerprint density at radius 2 is 1.86 bits per heavy atom. The van der Waals surface area contributed by atoms with Crippen molar-refractivity contribution in [1.29, 1.82) is 5.26 Å². The Bertz CT molecular complexity index is 608. The minimum absolute atomic E-state index is 0.569. The standard InChI is InChI=1S/C18H18N2S/c19-11-6-12-20(16-8-2-1-3-9-16)14-17-13-15-7-4-5-10-18(15)21-17/h1-5,7-10,17H,6,12-14H2. The molecule has 1 aliphatic rings. The van der Waals surface area contributed by atoms with Crippen LogP contribution in [0, 0.1) is 11.3 Å². The highest BCUT2D eigenvalue weighted by Gasteiger charge is 2.24. The maximum absolute atomic E-state index is 8.88. The molecular weight excluding hydrogens is 276 g/mol. The van der Waals surface area contributed by atoms with Crippen LogP contribution < -0.4 is 4.90 Å². The SMILES string of the molecule is N#CCCN(CC1Cc2ccccc2S1)c1ccccc1. The first-order valence-electron chi connectivity index (χ1n) is 7.28. The Labute approximate surface area is 130 Å². The van der Waals surface area contributed by atoms with Crippen molar-refractivity contribution < 1.29 is 0 Å². The Kier molecular flexibility index (Phi) is 4.47. The number of fused-ring (bicyclic) bond motifs is 1. The van der Waals surface area contributed by atoms with Gasteiger partial charge < -0.3 is 4.90 Å². The fourth-order valence-corrected chi connectivity index (χ4v) is 4.09. The summed E-state index contributed by atoms with van der Waals surface area (Å²) in [5, 5.41) is 9.45. The van der Waals surface area contributed by atoms with Crippen LogP contribution >= 0.6 is 11.8 Å². The molecule has 2 aromatic carbocycles. The highest BCUT2D eigenvalue weighted by molar-refractivity contribution is 8.00. The minimum Gasteiger partial charge on any atom is -0.369 e. The molecule has 21 heavy (non-hydrogen) atoms. The van der Waals surface area contributed by atoms with Crippen LogP contribution in [0.4, 0.5) is 5.69 Å². The van der Waals surface area contributed by atoms with E-state index in [9.17, 15) is 0 Å². The largest absolute Gasteiger partial charge is 0.369 e. The van der Waals surface area contributed by atoms with Gasteiger partial charge in [-0.1, -0.05) is 36.4 Å². The molecule has 0 bridgehead atoms. The lowest BCUT2D eigenvalue weighted by Crippen LogP contribution is -2.31. The molecule has 1 unspecified atom stereocenters. The monoisotopic (exact) mass is 294 g/mol. The maximum Gasteiger partial charge on any atom is 0.0640 e. The van der Waals surface area contributed by atoms with Crippen LogP contribution in [0.25, 0.3) is 0 Å². The molecule has 0 N–H and O–H groups in total. The summed E-state index contributed by atoms with van der Waals surface area (Å²) in [5.74, 6) is 0. The van der Waals surface area contributed by atoms with Gasteiger partial charge in [-0.05, 0) is 30.2 Å². The Hall–Kier alpha value is -1.92. The number of nitrogens with zero attached hydrogens (tertiary/aromatic N) is 2. The molecule has 0 radical (unpaired) electrons. The summed E-state index contributed by atoms with van der Waals surface area (Å²) in [6.45, 7) is 1.79. The van der Waals surface area contributed by atoms with Gasteiger partial charge in [0.05, 0.1) is 12.5 Å². The third kappa shape index (κ3) is 3.40. The molecule has 0 aromatic heterocycles. The molecule has 0 aliphatic carbocycles. The van der Waals surface area contributed by atoms with Crippen molar-refractivity contribution in [2.75, 3.05) is 18.0 Å². The number of hydrogen-bond acceptors (Lipinski definition) is 3. The highest BCUT2D eigenvalue weighted by atomic mass is 32.2. The molecule has 2 aromatic rings. The number of hydrogen-bond donors (Lipinski definition) is 0. The predicted octanol–water partition coefficient (Wildman–Crippen LogP) is 4.12. The zero-order valence-electron chi connectivity index (χ0n) is 11.9. The van der Waals surface area contributed by atoms with E-state index in [1.165, 1.54) is 16.1 Å². The fourth-order valence-electron chi connectivity index (χ4n) is 2.75. The summed E-state index contributed by atoms with van der Waals surface area (Å²) in [6, 6.07) is 21.3. The number of para-hydroxylation sites is 1. The predicted molar refractivity (Wildman–Crippen MR) is 88.7 cm³/mol. The van der Waals surface area contributed by atoms with Gasteiger partial charge in [0.1, 0.15) is 0 Å². The molecule has 1 aliphatic heterocycles. The molecule has 3 rings (SSSR count). The highest BCUT2D eigenvalue weighted by Crippen LogP contribution is 2.37. The molecule has 2 nitrogen and oxygen atoms in total. The molecule has 3 heteroatoms. The van der Waals surface area contributed by atoms with Gasteiger partial charge in [-0.15, -0.1) is 11.8 Å². The second-order valence-electron chi connectivity index (χ2n) is 5.24. The third-order valence-corrected chi connectivity index (χ3v) is 5.05. The van der Waals surface area contributed by atoms with Crippen LogP contribution in [0.2, 0.25) is 0 Å². The van der Waals surface area contributed by atoms with E-state index in [2.05, 4.69) is 59.5 Å². The number of benzene rings is 2. The van der Waals surface area contributed by atoms with E-state index in [1.54, 1.807) is 0 Å².